The van der Waals surface area contributed by atoms with Gasteiger partial charge in [-0.25, -0.2) is 0 Å². The molecule has 6 N–H and O–H groups in total. The minimum Gasteiger partial charge on any atom is -0.396 e. The maximum atomic E-state index is 15.5. The number of aliphatic hydroxyl groups excluding tert-OH is 5. The number of ketones is 2. The maximum absolute atomic E-state index is 15.5. The van der Waals surface area contributed by atoms with Gasteiger partial charge in [0.2, 0.25) is 0 Å². The second kappa shape index (κ2) is 22.2. The van der Waals surface area contributed by atoms with Gasteiger partial charge in [-0.2, -0.15) is 0 Å². The number of carbonyl (C=O) groups excluding carboxylic acids is 6. The minimum absolute atomic E-state index is 0.00990. The number of amides is 4. The Bertz CT molecular complexity index is 2120. The average molecular weight is 969 g/mol. The Labute approximate surface area is 405 Å². The SMILES string of the molecule is CC(C)(CO)COC(C)(C)C(OCCCCCN1C(=O)c2ccc3c4c(ccc(c24)C1=O)C(=O)N(CCCCCO)C3=O)(C(=O)C1CCC(C(=O)C(C)(CO)CO)CC1)C(C)(C)OCC(C)(O)CO. The van der Waals surface area contributed by atoms with E-state index in [-0.39, 0.29) is 104 Å². The van der Waals surface area contributed by atoms with Gasteiger partial charge in [-0.1, -0.05) is 13.8 Å². The second-order valence-electron chi connectivity index (χ2n) is 21.7. The lowest BCUT2D eigenvalue weighted by Crippen LogP contribution is -2.72. The summed E-state index contributed by atoms with van der Waals surface area (Å²) in [6.45, 7) is 11.2. The normalized spacial score (nSPS) is 19.9. The fraction of sp³-hybridized carbons (Fsp3) is 0.692. The Morgan fingerprint density at radius 1 is 0.536 bits per heavy atom. The molecule has 2 aromatic carbocycles. The molecule has 0 bridgehead atoms. The van der Waals surface area contributed by atoms with Crippen molar-refractivity contribution in [2.24, 2.45) is 22.7 Å². The number of rotatable bonds is 28. The van der Waals surface area contributed by atoms with Crippen LogP contribution in [0, 0.1) is 22.7 Å². The summed E-state index contributed by atoms with van der Waals surface area (Å²) in [6.07, 6.45) is 4.02. The van der Waals surface area contributed by atoms with Crippen molar-refractivity contribution in [1.29, 1.82) is 0 Å². The number of nitrogens with zero attached hydrogens (tertiary/aromatic N) is 2. The van der Waals surface area contributed by atoms with Crippen molar-refractivity contribution in [2.45, 2.75) is 142 Å². The van der Waals surface area contributed by atoms with E-state index in [1.165, 1.54) is 43.0 Å². The number of hydrogen-bond acceptors (Lipinski definition) is 15. The topological polar surface area (TPSA) is 258 Å². The molecule has 1 saturated carbocycles. The zero-order valence-corrected chi connectivity index (χ0v) is 41.9. The highest BCUT2D eigenvalue weighted by Gasteiger charge is 2.65. The van der Waals surface area contributed by atoms with Gasteiger partial charge in [-0.05, 0) is 130 Å². The Hall–Kier alpha value is -4.04. The lowest BCUT2D eigenvalue weighted by Gasteiger charge is -2.55. The average Bonchev–Trinajstić information content (AvgIpc) is 3.33. The summed E-state index contributed by atoms with van der Waals surface area (Å²) in [7, 11) is 0. The molecular weight excluding hydrogens is 893 g/mol. The minimum atomic E-state index is -1.91. The van der Waals surface area contributed by atoms with Crippen LogP contribution in [0.15, 0.2) is 24.3 Å². The molecule has 0 spiro atoms. The maximum Gasteiger partial charge on any atom is 0.261 e. The van der Waals surface area contributed by atoms with Crippen molar-refractivity contribution < 1.29 is 73.6 Å². The van der Waals surface area contributed by atoms with Gasteiger partial charge in [0.05, 0.1) is 45.1 Å². The Kier molecular flexibility index (Phi) is 17.9. The Morgan fingerprint density at radius 3 is 1.33 bits per heavy atom. The molecule has 4 amide bonds. The summed E-state index contributed by atoms with van der Waals surface area (Å²) in [5, 5.41) is 60.6. The highest BCUT2D eigenvalue weighted by atomic mass is 16.6. The molecule has 0 radical (unpaired) electrons. The quantitative estimate of drug-likeness (QED) is 0.0510. The molecule has 2 aromatic rings. The summed E-state index contributed by atoms with van der Waals surface area (Å²) in [6, 6.07) is 6.10. The molecule has 5 rings (SSSR count). The molecular formula is C52H76N2O15. The van der Waals surface area contributed by atoms with E-state index < -0.39 is 88.5 Å². The number of ether oxygens (including phenoxy) is 3. The first-order chi connectivity index (χ1) is 32.3. The first kappa shape index (κ1) is 55.9. The van der Waals surface area contributed by atoms with E-state index in [1.54, 1.807) is 41.5 Å². The summed E-state index contributed by atoms with van der Waals surface area (Å²) in [5.74, 6) is -3.90. The van der Waals surface area contributed by atoms with Crippen LogP contribution in [0.4, 0.5) is 0 Å². The van der Waals surface area contributed by atoms with Crippen molar-refractivity contribution in [3.63, 3.8) is 0 Å². The molecule has 17 nitrogen and oxygen atoms in total. The van der Waals surface area contributed by atoms with Gasteiger partial charge in [-0.15, -0.1) is 0 Å². The predicted molar refractivity (Wildman–Crippen MR) is 255 cm³/mol. The summed E-state index contributed by atoms with van der Waals surface area (Å²) < 4.78 is 19.9. The number of carbonyl (C=O) groups is 6. The molecule has 17 heteroatoms. The van der Waals surface area contributed by atoms with Crippen LogP contribution in [0.5, 0.6) is 0 Å². The van der Waals surface area contributed by atoms with Gasteiger partial charge in [0.25, 0.3) is 23.6 Å². The second-order valence-corrected chi connectivity index (χ2v) is 21.7. The zero-order chi connectivity index (χ0) is 51.3. The number of benzene rings is 2. The molecule has 2 unspecified atom stereocenters. The van der Waals surface area contributed by atoms with Crippen molar-refractivity contribution in [1.82, 2.24) is 9.80 Å². The summed E-state index contributed by atoms with van der Waals surface area (Å²) in [4.78, 5) is 86.5. The van der Waals surface area contributed by atoms with E-state index in [2.05, 4.69) is 0 Å². The van der Waals surface area contributed by atoms with Crippen LogP contribution in [0.1, 0.15) is 161 Å². The first-order valence-corrected chi connectivity index (χ1v) is 24.4. The van der Waals surface area contributed by atoms with Crippen molar-refractivity contribution in [3.8, 4) is 0 Å². The van der Waals surface area contributed by atoms with Gasteiger partial charge >= 0.3 is 0 Å². The largest absolute Gasteiger partial charge is 0.396 e. The number of unbranched alkanes of at least 4 members (excludes halogenated alkanes) is 4. The van der Waals surface area contributed by atoms with Crippen LogP contribution >= 0.6 is 0 Å². The monoisotopic (exact) mass is 969 g/mol. The Morgan fingerprint density at radius 2 is 0.942 bits per heavy atom. The van der Waals surface area contributed by atoms with Crippen molar-refractivity contribution >= 4 is 46.0 Å². The lowest BCUT2D eigenvalue weighted by atomic mass is 9.63. The third-order valence-corrected chi connectivity index (χ3v) is 14.6. The van der Waals surface area contributed by atoms with Crippen LogP contribution in [-0.2, 0) is 23.8 Å². The third-order valence-electron chi connectivity index (χ3n) is 14.6. The van der Waals surface area contributed by atoms with E-state index in [4.69, 9.17) is 19.3 Å². The highest BCUT2D eigenvalue weighted by molar-refractivity contribution is 6.33. The van der Waals surface area contributed by atoms with Crippen molar-refractivity contribution in [3.05, 3.63) is 46.5 Å². The van der Waals surface area contributed by atoms with E-state index in [0.29, 0.717) is 51.4 Å². The number of aliphatic hydroxyl groups is 6. The summed E-state index contributed by atoms with van der Waals surface area (Å²) in [5.41, 5.74) is -7.80. The number of Topliss-reactive ketones (excluding diaryl/α,β-unsaturated/α-hetero) is 2. The molecule has 0 aromatic heterocycles. The Balaban J connectivity index is 1.37. The fourth-order valence-electron chi connectivity index (χ4n) is 10.1. The third kappa shape index (κ3) is 11.2. The van der Waals surface area contributed by atoms with Crippen LogP contribution in [0.3, 0.4) is 0 Å². The smallest absolute Gasteiger partial charge is 0.261 e. The molecule has 0 saturated heterocycles. The van der Waals surface area contributed by atoms with E-state index in [0.717, 1.165) is 4.90 Å². The van der Waals surface area contributed by atoms with Crippen LogP contribution in [0.25, 0.3) is 10.8 Å². The molecule has 2 aliphatic heterocycles. The molecule has 1 fully saturated rings. The zero-order valence-electron chi connectivity index (χ0n) is 41.9. The van der Waals surface area contributed by atoms with E-state index >= 15 is 4.79 Å². The van der Waals surface area contributed by atoms with E-state index in [1.807, 2.05) is 0 Å². The van der Waals surface area contributed by atoms with E-state index in [9.17, 15) is 49.5 Å². The molecule has 2 heterocycles. The van der Waals surface area contributed by atoms with Gasteiger partial charge in [-0.3, -0.25) is 38.6 Å². The molecule has 69 heavy (non-hydrogen) atoms. The standard InChI is InChI=1S/C52H76N2O15/c1-47(2,27-56)31-68-48(3,4)52(49(5,6)69-32-51(8,66)30-59,42(61)34-17-15-33(16-18-34)41(60)50(7,28-57)29-58)67-26-14-10-12-24-54-45(64)37-21-19-35-39-36(20-22-38(40(37)39)46(54)65)44(63)53(43(35)62)23-11-9-13-25-55/h19-22,33-34,55-59,66H,9-18,23-32H2,1-8H3. The first-order valence-electron chi connectivity index (χ1n) is 24.4. The lowest BCUT2D eigenvalue weighted by molar-refractivity contribution is -0.277. The number of imide groups is 2. The molecule has 1 aliphatic carbocycles. The highest BCUT2D eigenvalue weighted by Crippen LogP contribution is 2.48. The molecule has 2 atom stereocenters. The molecule has 384 valence electrons. The van der Waals surface area contributed by atoms with Crippen molar-refractivity contribution in [2.75, 3.05) is 65.9 Å². The predicted octanol–water partition coefficient (Wildman–Crippen LogP) is 4.41. The molecule has 3 aliphatic rings. The summed E-state index contributed by atoms with van der Waals surface area (Å²) >= 11 is 0. The van der Waals surface area contributed by atoms with Gasteiger partial charge in [0.1, 0.15) is 22.6 Å². The van der Waals surface area contributed by atoms with Crippen LogP contribution in [0.2, 0.25) is 0 Å². The number of hydrogen-bond donors (Lipinski definition) is 6. The van der Waals surface area contributed by atoms with Gasteiger partial charge in [0, 0.05) is 76.6 Å². The van der Waals surface area contributed by atoms with Crippen LogP contribution in [-0.4, -0.2) is 164 Å². The van der Waals surface area contributed by atoms with Gasteiger partial charge in [0.15, 0.2) is 11.4 Å². The van der Waals surface area contributed by atoms with Crippen LogP contribution < -0.4 is 0 Å². The van der Waals surface area contributed by atoms with Gasteiger partial charge < -0.3 is 44.8 Å². The fourth-order valence-corrected chi connectivity index (χ4v) is 10.1.